The van der Waals surface area contributed by atoms with Crippen molar-refractivity contribution in [3.05, 3.63) is 66.0 Å². The van der Waals surface area contributed by atoms with E-state index in [0.717, 1.165) is 36.2 Å². The lowest BCUT2D eigenvalue weighted by Crippen LogP contribution is -2.33. The summed E-state index contributed by atoms with van der Waals surface area (Å²) in [5, 5.41) is 15.3. The van der Waals surface area contributed by atoms with Gasteiger partial charge in [-0.25, -0.2) is 9.07 Å². The van der Waals surface area contributed by atoms with Gasteiger partial charge in [-0.3, -0.25) is 4.90 Å². The average molecular weight is 438 g/mol. The van der Waals surface area contributed by atoms with Gasteiger partial charge in [-0.15, -0.1) is 0 Å². The smallest absolute Gasteiger partial charge is 0.222 e. The van der Waals surface area contributed by atoms with E-state index in [1.165, 1.54) is 25.0 Å². The van der Waals surface area contributed by atoms with E-state index in [4.69, 9.17) is 9.84 Å². The van der Waals surface area contributed by atoms with Crippen LogP contribution in [0.25, 0.3) is 11.3 Å². The first-order valence-corrected chi connectivity index (χ1v) is 11.5. The van der Waals surface area contributed by atoms with Gasteiger partial charge in [-0.05, 0) is 49.4 Å². The number of aliphatic hydroxyl groups is 1. The Balaban J connectivity index is 1.68. The third-order valence-electron chi connectivity index (χ3n) is 5.85. The Morgan fingerprint density at radius 2 is 1.88 bits per heavy atom. The van der Waals surface area contributed by atoms with Crippen LogP contribution in [0.5, 0.6) is 11.6 Å². The number of aryl methyl sites for hydroxylation is 1. The third-order valence-corrected chi connectivity index (χ3v) is 5.85. The molecule has 1 N–H and O–H groups in total. The van der Waals surface area contributed by atoms with Crippen molar-refractivity contribution in [2.75, 3.05) is 13.1 Å². The summed E-state index contributed by atoms with van der Waals surface area (Å²) in [7, 11) is 1.87. The summed E-state index contributed by atoms with van der Waals surface area (Å²) in [4.78, 5) is 2.33. The largest absolute Gasteiger partial charge is 0.439 e. The van der Waals surface area contributed by atoms with Gasteiger partial charge in [0.15, 0.2) is 0 Å². The SMILES string of the molecule is CCC[C@H](O)CN(Cc1c(-c2ccccc2)nn(C)c1Oc1ccc(F)cc1)CC1CC1. The van der Waals surface area contributed by atoms with Crippen LogP contribution in [0, 0.1) is 11.7 Å². The molecule has 3 aromatic rings. The van der Waals surface area contributed by atoms with Gasteiger partial charge in [0.25, 0.3) is 0 Å². The summed E-state index contributed by atoms with van der Waals surface area (Å²) in [5.41, 5.74) is 2.87. The number of ether oxygens (including phenoxy) is 1. The summed E-state index contributed by atoms with van der Waals surface area (Å²) in [6, 6.07) is 16.1. The van der Waals surface area contributed by atoms with Crippen LogP contribution in [-0.2, 0) is 13.6 Å². The lowest BCUT2D eigenvalue weighted by molar-refractivity contribution is 0.0979. The topological polar surface area (TPSA) is 50.5 Å². The zero-order valence-electron chi connectivity index (χ0n) is 18.9. The van der Waals surface area contributed by atoms with Crippen LogP contribution in [0.2, 0.25) is 0 Å². The zero-order chi connectivity index (χ0) is 22.5. The fourth-order valence-corrected chi connectivity index (χ4v) is 4.08. The van der Waals surface area contributed by atoms with E-state index >= 15 is 0 Å². The van der Waals surface area contributed by atoms with Crippen molar-refractivity contribution in [1.82, 2.24) is 14.7 Å². The monoisotopic (exact) mass is 437 g/mol. The highest BCUT2D eigenvalue weighted by Crippen LogP contribution is 2.36. The molecule has 1 saturated carbocycles. The van der Waals surface area contributed by atoms with E-state index in [1.807, 2.05) is 37.4 Å². The summed E-state index contributed by atoms with van der Waals surface area (Å²) >= 11 is 0. The molecule has 2 aromatic carbocycles. The van der Waals surface area contributed by atoms with Crippen LogP contribution in [0.3, 0.4) is 0 Å². The number of aromatic nitrogens is 2. The molecule has 1 fully saturated rings. The molecule has 170 valence electrons. The lowest BCUT2D eigenvalue weighted by Gasteiger charge is -2.25. The molecule has 0 aliphatic heterocycles. The number of nitrogens with zero attached hydrogens (tertiary/aromatic N) is 3. The fraction of sp³-hybridized carbons (Fsp3) is 0.423. The molecule has 0 unspecified atom stereocenters. The van der Waals surface area contributed by atoms with E-state index in [2.05, 4.69) is 11.8 Å². The maximum Gasteiger partial charge on any atom is 0.222 e. The number of halogens is 1. The van der Waals surface area contributed by atoms with Gasteiger partial charge >= 0.3 is 0 Å². The summed E-state index contributed by atoms with van der Waals surface area (Å²) < 4.78 is 21.4. The molecule has 1 heterocycles. The van der Waals surface area contributed by atoms with E-state index in [0.29, 0.717) is 30.6 Å². The summed E-state index contributed by atoms with van der Waals surface area (Å²) in [5.74, 6) is 1.60. The fourth-order valence-electron chi connectivity index (χ4n) is 4.08. The molecule has 0 amide bonds. The molecule has 6 heteroatoms. The highest BCUT2D eigenvalue weighted by Gasteiger charge is 2.28. The first kappa shape index (κ1) is 22.5. The first-order valence-electron chi connectivity index (χ1n) is 11.5. The second-order valence-corrected chi connectivity index (χ2v) is 8.76. The highest BCUT2D eigenvalue weighted by atomic mass is 19.1. The molecule has 1 aliphatic carbocycles. The standard InChI is InChI=1S/C26H32FN3O2/c1-3-7-22(31)17-30(16-19-10-11-19)18-24-25(20-8-5-4-6-9-20)28-29(2)26(24)32-23-14-12-21(27)13-15-23/h4-6,8-9,12-15,19,22,31H,3,7,10-11,16-18H2,1-2H3/t22-/m0/s1. The predicted molar refractivity (Wildman–Crippen MR) is 124 cm³/mol. The Morgan fingerprint density at radius 1 is 1.16 bits per heavy atom. The van der Waals surface area contributed by atoms with Gasteiger partial charge in [-0.1, -0.05) is 43.7 Å². The summed E-state index contributed by atoms with van der Waals surface area (Å²) in [6.45, 7) is 4.31. The van der Waals surface area contributed by atoms with E-state index < -0.39 is 0 Å². The van der Waals surface area contributed by atoms with Crippen LogP contribution in [0.15, 0.2) is 54.6 Å². The zero-order valence-corrected chi connectivity index (χ0v) is 18.9. The van der Waals surface area contributed by atoms with Gasteiger partial charge in [0.05, 0.1) is 11.7 Å². The second kappa shape index (κ2) is 10.3. The Morgan fingerprint density at radius 3 is 2.53 bits per heavy atom. The van der Waals surface area contributed by atoms with Crippen LogP contribution < -0.4 is 4.74 Å². The first-order chi connectivity index (χ1) is 15.5. The van der Waals surface area contributed by atoms with E-state index in [9.17, 15) is 9.50 Å². The average Bonchev–Trinajstić information content (AvgIpc) is 3.55. The molecule has 4 rings (SSSR count). The van der Waals surface area contributed by atoms with Crippen LogP contribution in [0.1, 0.15) is 38.2 Å². The number of rotatable bonds is 11. The maximum atomic E-state index is 13.4. The van der Waals surface area contributed by atoms with Crippen LogP contribution in [-0.4, -0.2) is 39.0 Å². The second-order valence-electron chi connectivity index (χ2n) is 8.76. The molecular formula is C26H32FN3O2. The Hall–Kier alpha value is -2.70. The van der Waals surface area contributed by atoms with Crippen molar-refractivity contribution < 1.29 is 14.2 Å². The molecule has 1 aromatic heterocycles. The van der Waals surface area contributed by atoms with Gasteiger partial charge in [0.1, 0.15) is 17.3 Å². The lowest BCUT2D eigenvalue weighted by atomic mass is 10.1. The van der Waals surface area contributed by atoms with Gasteiger partial charge in [0, 0.05) is 32.2 Å². The number of aliphatic hydroxyl groups excluding tert-OH is 1. The molecule has 0 bridgehead atoms. The molecule has 5 nitrogen and oxygen atoms in total. The van der Waals surface area contributed by atoms with Crippen LogP contribution >= 0.6 is 0 Å². The van der Waals surface area contributed by atoms with E-state index in [-0.39, 0.29) is 11.9 Å². The highest BCUT2D eigenvalue weighted by molar-refractivity contribution is 5.65. The number of hydrogen-bond donors (Lipinski definition) is 1. The van der Waals surface area contributed by atoms with Crippen molar-refractivity contribution in [2.24, 2.45) is 13.0 Å². The third kappa shape index (κ3) is 5.75. The van der Waals surface area contributed by atoms with Gasteiger partial charge < -0.3 is 9.84 Å². The van der Waals surface area contributed by atoms with Crippen molar-refractivity contribution in [3.8, 4) is 22.9 Å². The molecule has 32 heavy (non-hydrogen) atoms. The molecule has 0 spiro atoms. The molecular weight excluding hydrogens is 405 g/mol. The van der Waals surface area contributed by atoms with Gasteiger partial charge in [0.2, 0.25) is 5.88 Å². The van der Waals surface area contributed by atoms with E-state index in [1.54, 1.807) is 16.8 Å². The van der Waals surface area contributed by atoms with Crippen molar-refractivity contribution in [1.29, 1.82) is 0 Å². The quantitative estimate of drug-likeness (QED) is 0.437. The van der Waals surface area contributed by atoms with Crippen molar-refractivity contribution in [3.63, 3.8) is 0 Å². The van der Waals surface area contributed by atoms with Crippen molar-refractivity contribution in [2.45, 2.75) is 45.3 Å². The Labute approximate surface area is 189 Å². The molecule has 0 saturated heterocycles. The minimum Gasteiger partial charge on any atom is -0.439 e. The molecule has 0 radical (unpaired) electrons. The Bertz CT molecular complexity index is 1000. The minimum atomic E-state index is -0.350. The van der Waals surface area contributed by atoms with Crippen molar-refractivity contribution >= 4 is 0 Å². The maximum absolute atomic E-state index is 13.4. The Kier molecular flexibility index (Phi) is 7.22. The minimum absolute atomic E-state index is 0.298. The molecule has 1 aliphatic rings. The summed E-state index contributed by atoms with van der Waals surface area (Å²) in [6.07, 6.45) is 3.89. The molecule has 1 atom stereocenters. The normalized spacial score (nSPS) is 14.7. The van der Waals surface area contributed by atoms with Gasteiger partial charge in [-0.2, -0.15) is 5.10 Å². The number of hydrogen-bond acceptors (Lipinski definition) is 4. The predicted octanol–water partition coefficient (Wildman–Crippen LogP) is 5.39. The van der Waals surface area contributed by atoms with Crippen LogP contribution in [0.4, 0.5) is 4.39 Å². The number of benzene rings is 2.